The minimum atomic E-state index is 0.879. The Bertz CT molecular complexity index is 205. The third kappa shape index (κ3) is 1.15. The molecule has 0 bridgehead atoms. The second kappa shape index (κ2) is 2.52. The van der Waals surface area contributed by atoms with E-state index in [1.165, 1.54) is 5.69 Å². The van der Waals surface area contributed by atoms with Crippen LogP contribution in [0.2, 0.25) is 0 Å². The molecule has 3 heteroatoms. The largest absolute Gasteiger partial charge is 0.335 e. The predicted octanol–water partition coefficient (Wildman–Crippen LogP) is 1.62. The molecule has 0 atom stereocenters. The Labute approximate surface area is 63.0 Å². The van der Waals surface area contributed by atoms with E-state index in [2.05, 4.69) is 25.5 Å². The van der Waals surface area contributed by atoms with E-state index in [-0.39, 0.29) is 0 Å². The molecule has 0 radical (unpaired) electrons. The molecule has 0 unspecified atom stereocenters. The number of halogens is 1. The minimum absolute atomic E-state index is 0.879. The number of imidazole rings is 1. The van der Waals surface area contributed by atoms with Gasteiger partial charge in [0.05, 0.1) is 0 Å². The van der Waals surface area contributed by atoms with Gasteiger partial charge >= 0.3 is 0 Å². The zero-order chi connectivity index (χ0) is 6.85. The maximum atomic E-state index is 4.12. The second-order valence-electron chi connectivity index (χ2n) is 1.99. The van der Waals surface area contributed by atoms with Gasteiger partial charge in [-0.2, -0.15) is 0 Å². The molecule has 0 aromatic carbocycles. The standard InChI is InChI=1S/C6H9BrN2/c1-5-8-4-6(3-7)9(5)2/h4H,3H2,1-2H3. The first-order valence-electron chi connectivity index (χ1n) is 2.79. The molecule has 0 fully saturated rings. The summed E-state index contributed by atoms with van der Waals surface area (Å²) in [6.07, 6.45) is 1.88. The lowest BCUT2D eigenvalue weighted by molar-refractivity contribution is 0.824. The Morgan fingerprint density at radius 1 is 1.78 bits per heavy atom. The molecule has 0 aliphatic heterocycles. The van der Waals surface area contributed by atoms with E-state index in [9.17, 15) is 0 Å². The van der Waals surface area contributed by atoms with Crippen LogP contribution in [0.25, 0.3) is 0 Å². The topological polar surface area (TPSA) is 17.8 Å². The third-order valence-electron chi connectivity index (χ3n) is 1.45. The van der Waals surface area contributed by atoms with Gasteiger partial charge in [0.2, 0.25) is 0 Å². The minimum Gasteiger partial charge on any atom is -0.335 e. The molecule has 1 aromatic rings. The highest BCUT2D eigenvalue weighted by molar-refractivity contribution is 9.08. The highest BCUT2D eigenvalue weighted by Gasteiger charge is 1.97. The van der Waals surface area contributed by atoms with E-state index in [4.69, 9.17) is 0 Å². The fourth-order valence-corrected chi connectivity index (χ4v) is 1.19. The third-order valence-corrected chi connectivity index (χ3v) is 2.03. The summed E-state index contributed by atoms with van der Waals surface area (Å²) in [5.74, 6) is 1.06. The first kappa shape index (κ1) is 6.81. The number of hydrogen-bond acceptors (Lipinski definition) is 1. The van der Waals surface area contributed by atoms with Crippen LogP contribution in [0.5, 0.6) is 0 Å². The average Bonchev–Trinajstić information content (AvgIpc) is 2.15. The van der Waals surface area contributed by atoms with E-state index in [0.29, 0.717) is 0 Å². The van der Waals surface area contributed by atoms with Crippen molar-refractivity contribution in [3.05, 3.63) is 17.7 Å². The lowest BCUT2D eigenvalue weighted by Gasteiger charge is -1.96. The Kier molecular flexibility index (Phi) is 1.90. The van der Waals surface area contributed by atoms with Crippen molar-refractivity contribution < 1.29 is 0 Å². The molecule has 0 N–H and O–H groups in total. The lowest BCUT2D eigenvalue weighted by Crippen LogP contribution is -1.94. The Morgan fingerprint density at radius 2 is 2.44 bits per heavy atom. The molecule has 1 heterocycles. The van der Waals surface area contributed by atoms with Gasteiger partial charge in [-0.15, -0.1) is 0 Å². The van der Waals surface area contributed by atoms with E-state index in [1.807, 2.05) is 20.2 Å². The molecule has 0 spiro atoms. The van der Waals surface area contributed by atoms with Crippen molar-refractivity contribution in [3.8, 4) is 0 Å². The molecule has 0 saturated carbocycles. The van der Waals surface area contributed by atoms with Crippen molar-refractivity contribution in [1.29, 1.82) is 0 Å². The first-order valence-corrected chi connectivity index (χ1v) is 3.91. The summed E-state index contributed by atoms with van der Waals surface area (Å²) < 4.78 is 2.06. The maximum Gasteiger partial charge on any atom is 0.105 e. The summed E-state index contributed by atoms with van der Waals surface area (Å²) in [5.41, 5.74) is 1.22. The SMILES string of the molecule is Cc1ncc(CBr)n1C. The highest BCUT2D eigenvalue weighted by Crippen LogP contribution is 2.05. The van der Waals surface area contributed by atoms with E-state index >= 15 is 0 Å². The van der Waals surface area contributed by atoms with Gasteiger partial charge in [0.25, 0.3) is 0 Å². The molecular formula is C6H9BrN2. The van der Waals surface area contributed by atoms with Gasteiger partial charge in [0, 0.05) is 24.3 Å². The van der Waals surface area contributed by atoms with E-state index in [1.54, 1.807) is 0 Å². The van der Waals surface area contributed by atoms with E-state index in [0.717, 1.165) is 11.2 Å². The van der Waals surface area contributed by atoms with Crippen molar-refractivity contribution >= 4 is 15.9 Å². The Morgan fingerprint density at radius 3 is 2.67 bits per heavy atom. The molecule has 9 heavy (non-hydrogen) atoms. The number of nitrogens with zero attached hydrogens (tertiary/aromatic N) is 2. The van der Waals surface area contributed by atoms with Crippen LogP contribution in [-0.2, 0) is 12.4 Å². The quantitative estimate of drug-likeness (QED) is 0.614. The summed E-state index contributed by atoms with van der Waals surface area (Å²) in [7, 11) is 2.01. The number of rotatable bonds is 1. The van der Waals surface area contributed by atoms with Crippen LogP contribution in [0, 0.1) is 6.92 Å². The van der Waals surface area contributed by atoms with Crippen LogP contribution < -0.4 is 0 Å². The lowest BCUT2D eigenvalue weighted by atomic mass is 10.5. The smallest absolute Gasteiger partial charge is 0.105 e. The van der Waals surface area contributed by atoms with Gasteiger partial charge in [-0.3, -0.25) is 0 Å². The van der Waals surface area contributed by atoms with Crippen LogP contribution in [0.1, 0.15) is 11.5 Å². The molecule has 2 nitrogen and oxygen atoms in total. The van der Waals surface area contributed by atoms with Gasteiger partial charge < -0.3 is 4.57 Å². The van der Waals surface area contributed by atoms with Crippen LogP contribution in [-0.4, -0.2) is 9.55 Å². The van der Waals surface area contributed by atoms with Gasteiger partial charge in [-0.1, -0.05) is 15.9 Å². The molecule has 1 rings (SSSR count). The van der Waals surface area contributed by atoms with Gasteiger partial charge in [0.1, 0.15) is 5.82 Å². The van der Waals surface area contributed by atoms with Crippen molar-refractivity contribution in [2.75, 3.05) is 0 Å². The fraction of sp³-hybridized carbons (Fsp3) is 0.500. The number of hydrogen-bond donors (Lipinski definition) is 0. The molecule has 0 aliphatic rings. The molecular weight excluding hydrogens is 180 g/mol. The zero-order valence-electron chi connectivity index (χ0n) is 5.56. The summed E-state index contributed by atoms with van der Waals surface area (Å²) >= 11 is 3.36. The molecule has 0 amide bonds. The van der Waals surface area contributed by atoms with Crippen LogP contribution in [0.15, 0.2) is 6.20 Å². The van der Waals surface area contributed by atoms with Crippen LogP contribution in [0.4, 0.5) is 0 Å². The average molecular weight is 189 g/mol. The van der Waals surface area contributed by atoms with Gasteiger partial charge in [-0.25, -0.2) is 4.98 Å². The number of aryl methyl sites for hydroxylation is 1. The van der Waals surface area contributed by atoms with Crippen LogP contribution in [0.3, 0.4) is 0 Å². The molecule has 50 valence electrons. The summed E-state index contributed by atoms with van der Waals surface area (Å²) in [4.78, 5) is 4.12. The normalized spacial score (nSPS) is 10.1. The Hall–Kier alpha value is -0.310. The van der Waals surface area contributed by atoms with Gasteiger partial charge in [0.15, 0.2) is 0 Å². The highest BCUT2D eigenvalue weighted by atomic mass is 79.9. The second-order valence-corrected chi connectivity index (χ2v) is 2.55. The first-order chi connectivity index (χ1) is 4.25. The zero-order valence-corrected chi connectivity index (χ0v) is 7.14. The Balaban J connectivity index is 3.04. The van der Waals surface area contributed by atoms with E-state index < -0.39 is 0 Å². The fourth-order valence-electron chi connectivity index (χ4n) is 0.673. The molecule has 0 aliphatic carbocycles. The molecule has 1 aromatic heterocycles. The number of alkyl halides is 1. The van der Waals surface area contributed by atoms with Crippen molar-refractivity contribution in [2.24, 2.45) is 7.05 Å². The van der Waals surface area contributed by atoms with Crippen molar-refractivity contribution in [2.45, 2.75) is 12.3 Å². The number of aromatic nitrogens is 2. The predicted molar refractivity (Wildman–Crippen MR) is 40.6 cm³/mol. The summed E-state index contributed by atoms with van der Waals surface area (Å²) in [6, 6.07) is 0. The summed E-state index contributed by atoms with van der Waals surface area (Å²) in [5, 5.41) is 0.879. The monoisotopic (exact) mass is 188 g/mol. The maximum absolute atomic E-state index is 4.12. The van der Waals surface area contributed by atoms with Gasteiger partial charge in [-0.05, 0) is 6.92 Å². The summed E-state index contributed by atoms with van der Waals surface area (Å²) in [6.45, 7) is 1.99. The van der Waals surface area contributed by atoms with Crippen molar-refractivity contribution in [3.63, 3.8) is 0 Å². The van der Waals surface area contributed by atoms with Crippen LogP contribution >= 0.6 is 15.9 Å². The van der Waals surface area contributed by atoms with Crippen molar-refractivity contribution in [1.82, 2.24) is 9.55 Å². The molecule has 0 saturated heterocycles.